The highest BCUT2D eigenvalue weighted by Crippen LogP contribution is 2.27. The van der Waals surface area contributed by atoms with Gasteiger partial charge in [0.05, 0.1) is 13.2 Å². The number of aryl methyl sites for hydroxylation is 1. The van der Waals surface area contributed by atoms with E-state index in [1.54, 1.807) is 7.05 Å². The first-order valence-corrected chi connectivity index (χ1v) is 7.06. The lowest BCUT2D eigenvalue weighted by atomic mass is 10.2. The molecule has 0 aliphatic carbocycles. The maximum atomic E-state index is 9.99. The third-order valence-corrected chi connectivity index (χ3v) is 5.12. The third-order valence-electron chi connectivity index (χ3n) is 2.21. The van der Waals surface area contributed by atoms with Gasteiger partial charge in [0.15, 0.2) is 5.82 Å². The van der Waals surface area contributed by atoms with Gasteiger partial charge in [-0.05, 0) is 5.21 Å². The van der Waals surface area contributed by atoms with Crippen LogP contribution in [0.3, 0.4) is 0 Å². The van der Waals surface area contributed by atoms with E-state index in [1.807, 2.05) is 23.5 Å². The Bertz CT molecular complexity index is 313. The smallest absolute Gasteiger partial charge is 0.177 e. The number of hydrogen-bond acceptors (Lipinski definition) is 6. The normalized spacial score (nSPS) is 24.0. The van der Waals surface area contributed by atoms with Gasteiger partial charge in [-0.1, -0.05) is 0 Å². The molecule has 1 fully saturated rings. The van der Waals surface area contributed by atoms with Gasteiger partial charge in [-0.15, -0.1) is 10.2 Å². The summed E-state index contributed by atoms with van der Waals surface area (Å²) in [5, 5.41) is 22.0. The Balaban J connectivity index is 1.88. The molecule has 0 bridgehead atoms. The van der Waals surface area contributed by atoms with Crippen molar-refractivity contribution in [1.82, 2.24) is 20.2 Å². The molecule has 1 aliphatic heterocycles. The van der Waals surface area contributed by atoms with Crippen molar-refractivity contribution in [3.63, 3.8) is 0 Å². The molecule has 5 nitrogen and oxygen atoms in total. The zero-order valence-electron chi connectivity index (χ0n) is 8.54. The Hall–Kier alpha value is -0.270. The molecular weight excluding hydrogens is 232 g/mol. The van der Waals surface area contributed by atoms with E-state index in [9.17, 15) is 5.11 Å². The van der Waals surface area contributed by atoms with Crippen molar-refractivity contribution in [2.45, 2.75) is 17.8 Å². The molecule has 1 aromatic heterocycles. The molecule has 1 aromatic rings. The second-order valence-electron chi connectivity index (χ2n) is 3.45. The zero-order chi connectivity index (χ0) is 10.7. The van der Waals surface area contributed by atoms with Crippen LogP contribution < -0.4 is 0 Å². The lowest BCUT2D eigenvalue weighted by Gasteiger charge is -2.24. The Morgan fingerprint density at radius 3 is 3.07 bits per heavy atom. The number of aliphatic hydroxyl groups is 1. The molecule has 2 unspecified atom stereocenters. The van der Waals surface area contributed by atoms with Crippen molar-refractivity contribution in [3.05, 3.63) is 5.82 Å². The van der Waals surface area contributed by atoms with Crippen LogP contribution in [0.1, 0.15) is 5.82 Å². The molecule has 7 heteroatoms. The van der Waals surface area contributed by atoms with Crippen LogP contribution in [0.25, 0.3) is 0 Å². The molecule has 0 amide bonds. The van der Waals surface area contributed by atoms with E-state index in [1.165, 1.54) is 10.5 Å². The van der Waals surface area contributed by atoms with Crippen LogP contribution in [-0.4, -0.2) is 53.9 Å². The van der Waals surface area contributed by atoms with Crippen molar-refractivity contribution < 1.29 is 5.11 Å². The molecule has 0 aromatic carbocycles. The number of tetrazole rings is 1. The molecule has 1 aliphatic rings. The average Bonchev–Trinajstić information content (AvgIpc) is 2.65. The van der Waals surface area contributed by atoms with E-state index in [2.05, 4.69) is 15.4 Å². The highest BCUT2D eigenvalue weighted by atomic mass is 32.2. The standard InChI is InChI=1S/C8H14N4OS2/c1-12-10-8(9-11-12)4-6(13)7-5-14-2-3-15-7/h6-7,13H,2-5H2,1H3. The fraction of sp³-hybridized carbons (Fsp3) is 0.875. The SMILES string of the molecule is Cn1nnc(CC(O)C2CSCCS2)n1. The van der Waals surface area contributed by atoms with Gasteiger partial charge in [-0.2, -0.15) is 28.3 Å². The molecule has 2 heterocycles. The van der Waals surface area contributed by atoms with E-state index < -0.39 is 0 Å². The molecule has 0 spiro atoms. The Morgan fingerprint density at radius 1 is 1.60 bits per heavy atom. The Kier molecular flexibility index (Phi) is 3.87. The van der Waals surface area contributed by atoms with Gasteiger partial charge < -0.3 is 5.11 Å². The number of hydrogen-bond donors (Lipinski definition) is 1. The first-order valence-electron chi connectivity index (χ1n) is 4.86. The molecule has 0 saturated carbocycles. The minimum atomic E-state index is -0.355. The number of nitrogens with zero attached hydrogens (tertiary/aromatic N) is 4. The van der Waals surface area contributed by atoms with Crippen LogP contribution in [0.15, 0.2) is 0 Å². The molecular formula is C8H14N4OS2. The monoisotopic (exact) mass is 246 g/mol. The molecule has 15 heavy (non-hydrogen) atoms. The lowest BCUT2D eigenvalue weighted by Crippen LogP contribution is -2.30. The van der Waals surface area contributed by atoms with Crippen LogP contribution in [0.4, 0.5) is 0 Å². The maximum Gasteiger partial charge on any atom is 0.177 e. The minimum Gasteiger partial charge on any atom is -0.391 e. The zero-order valence-corrected chi connectivity index (χ0v) is 10.2. The quantitative estimate of drug-likeness (QED) is 0.807. The minimum absolute atomic E-state index is 0.313. The van der Waals surface area contributed by atoms with Gasteiger partial charge in [-0.3, -0.25) is 0 Å². The van der Waals surface area contributed by atoms with Crippen LogP contribution >= 0.6 is 23.5 Å². The van der Waals surface area contributed by atoms with Gasteiger partial charge in [0.1, 0.15) is 0 Å². The number of aliphatic hydroxyl groups excluding tert-OH is 1. The summed E-state index contributed by atoms with van der Waals surface area (Å²) in [5.74, 6) is 3.96. The van der Waals surface area contributed by atoms with E-state index in [4.69, 9.17) is 0 Å². The van der Waals surface area contributed by atoms with Crippen molar-refractivity contribution in [3.8, 4) is 0 Å². The number of rotatable bonds is 3. The topological polar surface area (TPSA) is 63.8 Å². The molecule has 84 valence electrons. The highest BCUT2D eigenvalue weighted by Gasteiger charge is 2.24. The molecule has 1 saturated heterocycles. The van der Waals surface area contributed by atoms with Crippen molar-refractivity contribution in [2.24, 2.45) is 7.05 Å². The van der Waals surface area contributed by atoms with Crippen molar-refractivity contribution in [2.75, 3.05) is 17.3 Å². The summed E-state index contributed by atoms with van der Waals surface area (Å²) in [6.45, 7) is 0. The third kappa shape index (κ3) is 3.09. The van der Waals surface area contributed by atoms with Gasteiger partial charge >= 0.3 is 0 Å². The van der Waals surface area contributed by atoms with Crippen LogP contribution in [0.5, 0.6) is 0 Å². The van der Waals surface area contributed by atoms with Crippen molar-refractivity contribution in [1.29, 1.82) is 0 Å². The fourth-order valence-corrected chi connectivity index (χ4v) is 4.22. The maximum absolute atomic E-state index is 9.99. The van der Waals surface area contributed by atoms with E-state index in [0.717, 1.165) is 11.5 Å². The predicted octanol–water partition coefficient (Wildman–Crippen LogP) is -0.0379. The molecule has 1 N–H and O–H groups in total. The molecule has 2 atom stereocenters. The van der Waals surface area contributed by atoms with Crippen LogP contribution in [0, 0.1) is 0 Å². The van der Waals surface area contributed by atoms with Crippen molar-refractivity contribution >= 4 is 23.5 Å². The van der Waals surface area contributed by atoms with Gasteiger partial charge in [-0.25, -0.2) is 0 Å². The van der Waals surface area contributed by atoms with E-state index in [-0.39, 0.29) is 6.10 Å². The van der Waals surface area contributed by atoms with Crippen LogP contribution in [0.2, 0.25) is 0 Å². The summed E-state index contributed by atoms with van der Waals surface area (Å²) in [6, 6.07) is 0. The summed E-state index contributed by atoms with van der Waals surface area (Å²) in [6.07, 6.45) is 0.151. The summed E-state index contributed by atoms with van der Waals surface area (Å²) in [4.78, 5) is 1.42. The van der Waals surface area contributed by atoms with Gasteiger partial charge in [0.2, 0.25) is 0 Å². The average molecular weight is 246 g/mol. The first kappa shape index (κ1) is 11.2. The molecule has 2 rings (SSSR count). The highest BCUT2D eigenvalue weighted by molar-refractivity contribution is 8.06. The molecule has 0 radical (unpaired) electrons. The van der Waals surface area contributed by atoms with Crippen LogP contribution in [-0.2, 0) is 13.5 Å². The fourth-order valence-electron chi connectivity index (χ4n) is 1.45. The van der Waals surface area contributed by atoms with Gasteiger partial charge in [0.25, 0.3) is 0 Å². The Morgan fingerprint density at radius 2 is 2.47 bits per heavy atom. The lowest BCUT2D eigenvalue weighted by molar-refractivity contribution is 0.175. The number of thioether (sulfide) groups is 2. The summed E-state index contributed by atoms with van der Waals surface area (Å²) < 4.78 is 0. The number of aromatic nitrogens is 4. The predicted molar refractivity (Wildman–Crippen MR) is 62.1 cm³/mol. The second-order valence-corrected chi connectivity index (χ2v) is 5.95. The largest absolute Gasteiger partial charge is 0.391 e. The van der Waals surface area contributed by atoms with Gasteiger partial charge in [0, 0.05) is 28.9 Å². The summed E-state index contributed by atoms with van der Waals surface area (Å²) in [7, 11) is 1.73. The van der Waals surface area contributed by atoms with E-state index >= 15 is 0 Å². The van der Waals surface area contributed by atoms with E-state index in [0.29, 0.717) is 17.5 Å². The summed E-state index contributed by atoms with van der Waals surface area (Å²) >= 11 is 3.75. The summed E-state index contributed by atoms with van der Waals surface area (Å²) in [5.41, 5.74) is 0. The second kappa shape index (κ2) is 5.18. The first-order chi connectivity index (χ1) is 7.25. The Labute approximate surface area is 97.0 Å².